The summed E-state index contributed by atoms with van der Waals surface area (Å²) in [5.74, 6) is 2.56. The van der Waals surface area contributed by atoms with Gasteiger partial charge in [-0.1, -0.05) is 76.0 Å². The monoisotopic (exact) mass is 363 g/mol. The number of hydrogen-bond donors (Lipinski definition) is 1. The lowest BCUT2D eigenvalue weighted by molar-refractivity contribution is 0.459. The Hall–Kier alpha value is -1.96. The molecule has 27 heavy (non-hydrogen) atoms. The Kier molecular flexibility index (Phi) is 6.01. The molecular formula is C25H33NO. The number of fused-ring (bicyclic) bond motifs is 2. The van der Waals surface area contributed by atoms with Crippen LogP contribution in [-0.2, 0) is 0 Å². The van der Waals surface area contributed by atoms with Crippen molar-refractivity contribution in [3.63, 3.8) is 0 Å². The van der Waals surface area contributed by atoms with Gasteiger partial charge in [0, 0.05) is 0 Å². The molecule has 2 aromatic carbocycles. The predicted octanol–water partition coefficient (Wildman–Crippen LogP) is 8.23. The molecule has 0 radical (unpaired) electrons. The molecule has 0 aromatic heterocycles. The minimum absolute atomic E-state index is 0.640. The van der Waals surface area contributed by atoms with Crippen LogP contribution in [0.3, 0.4) is 0 Å². The highest BCUT2D eigenvalue weighted by molar-refractivity contribution is 5.79. The first-order valence-corrected chi connectivity index (χ1v) is 11.0. The Bertz CT molecular complexity index is 755. The standard InChI is InChI=1S/C25H33NO/c1-19-17-18-23-25(26-21-15-11-12-16-22(21)27-23)24(19)20-13-9-7-5-3-2-4-6-8-10-14-20/h11-12,15-18,20,26H,2-10,13-14H2,1H3. The topological polar surface area (TPSA) is 21.3 Å². The Morgan fingerprint density at radius 2 is 1.37 bits per heavy atom. The van der Waals surface area contributed by atoms with E-state index in [4.69, 9.17) is 4.74 Å². The van der Waals surface area contributed by atoms with Gasteiger partial charge in [0.05, 0.1) is 11.4 Å². The number of rotatable bonds is 1. The number of anilines is 2. The summed E-state index contributed by atoms with van der Waals surface area (Å²) >= 11 is 0. The molecule has 0 spiro atoms. The molecule has 1 aliphatic heterocycles. The molecular weight excluding hydrogens is 330 g/mol. The maximum absolute atomic E-state index is 6.24. The Balaban J connectivity index is 1.61. The first kappa shape index (κ1) is 18.4. The highest BCUT2D eigenvalue weighted by Gasteiger charge is 2.25. The van der Waals surface area contributed by atoms with Gasteiger partial charge >= 0.3 is 0 Å². The van der Waals surface area contributed by atoms with Gasteiger partial charge in [-0.25, -0.2) is 0 Å². The third kappa shape index (κ3) is 4.31. The van der Waals surface area contributed by atoms with Crippen molar-refractivity contribution in [3.05, 3.63) is 47.5 Å². The van der Waals surface area contributed by atoms with E-state index in [2.05, 4.69) is 36.5 Å². The van der Waals surface area contributed by atoms with Gasteiger partial charge in [-0.3, -0.25) is 0 Å². The molecule has 0 bridgehead atoms. The Labute approximate surface area is 164 Å². The number of nitrogens with one attached hydrogen (secondary N) is 1. The van der Waals surface area contributed by atoms with E-state index >= 15 is 0 Å². The van der Waals surface area contributed by atoms with E-state index in [-0.39, 0.29) is 0 Å². The zero-order valence-electron chi connectivity index (χ0n) is 16.7. The first-order valence-electron chi connectivity index (χ1n) is 11.0. The fraction of sp³-hybridized carbons (Fsp3) is 0.520. The molecule has 2 nitrogen and oxygen atoms in total. The summed E-state index contributed by atoms with van der Waals surface area (Å²) in [5, 5.41) is 3.71. The van der Waals surface area contributed by atoms with Gasteiger partial charge in [0.2, 0.25) is 0 Å². The third-order valence-electron chi connectivity index (χ3n) is 6.31. The summed E-state index contributed by atoms with van der Waals surface area (Å²) < 4.78 is 6.24. The number of para-hydroxylation sites is 2. The average molecular weight is 364 g/mol. The van der Waals surface area contributed by atoms with Crippen LogP contribution in [0.15, 0.2) is 36.4 Å². The Morgan fingerprint density at radius 1 is 0.741 bits per heavy atom. The molecule has 144 valence electrons. The zero-order valence-corrected chi connectivity index (χ0v) is 16.7. The molecule has 0 amide bonds. The first-order chi connectivity index (χ1) is 13.3. The molecule has 4 rings (SSSR count). The largest absolute Gasteiger partial charge is 0.453 e. The minimum atomic E-state index is 0.640. The van der Waals surface area contributed by atoms with E-state index in [1.54, 1.807) is 0 Å². The van der Waals surface area contributed by atoms with Gasteiger partial charge in [0.1, 0.15) is 0 Å². The maximum Gasteiger partial charge on any atom is 0.151 e. The van der Waals surface area contributed by atoms with Crippen molar-refractivity contribution >= 4 is 11.4 Å². The molecule has 2 heteroatoms. The molecule has 2 aromatic rings. The highest BCUT2D eigenvalue weighted by atomic mass is 16.5. The molecule has 0 unspecified atom stereocenters. The van der Waals surface area contributed by atoms with Gasteiger partial charge < -0.3 is 10.1 Å². The molecule has 1 N–H and O–H groups in total. The van der Waals surface area contributed by atoms with Crippen molar-refractivity contribution in [2.45, 2.75) is 83.5 Å². The molecule has 1 heterocycles. The lowest BCUT2D eigenvalue weighted by atomic mass is 9.84. The van der Waals surface area contributed by atoms with E-state index in [1.807, 2.05) is 12.1 Å². The second-order valence-electron chi connectivity index (χ2n) is 8.35. The summed E-state index contributed by atoms with van der Waals surface area (Å²) in [5.41, 5.74) is 5.20. The van der Waals surface area contributed by atoms with Crippen LogP contribution in [0.4, 0.5) is 11.4 Å². The van der Waals surface area contributed by atoms with E-state index in [0.29, 0.717) is 5.92 Å². The average Bonchev–Trinajstić information content (AvgIpc) is 2.68. The quantitative estimate of drug-likeness (QED) is 0.470. The number of hydrogen-bond acceptors (Lipinski definition) is 2. The summed E-state index contributed by atoms with van der Waals surface area (Å²) in [4.78, 5) is 0. The van der Waals surface area contributed by atoms with Gasteiger partial charge in [0.25, 0.3) is 0 Å². The van der Waals surface area contributed by atoms with Crippen LogP contribution in [0.5, 0.6) is 11.5 Å². The number of ether oxygens (including phenoxy) is 1. The van der Waals surface area contributed by atoms with Crippen molar-refractivity contribution in [1.82, 2.24) is 0 Å². The summed E-state index contributed by atoms with van der Waals surface area (Å²) in [6.07, 6.45) is 15.2. The highest BCUT2D eigenvalue weighted by Crippen LogP contribution is 2.48. The minimum Gasteiger partial charge on any atom is -0.453 e. The third-order valence-corrected chi connectivity index (χ3v) is 6.31. The van der Waals surface area contributed by atoms with Crippen molar-refractivity contribution < 1.29 is 4.74 Å². The van der Waals surface area contributed by atoms with Crippen LogP contribution in [-0.4, -0.2) is 0 Å². The van der Waals surface area contributed by atoms with Crippen LogP contribution in [0, 0.1) is 6.92 Å². The van der Waals surface area contributed by atoms with Gasteiger partial charge in [-0.2, -0.15) is 0 Å². The van der Waals surface area contributed by atoms with Crippen LogP contribution in [0.1, 0.15) is 87.7 Å². The molecule has 1 saturated carbocycles. The van der Waals surface area contributed by atoms with Crippen LogP contribution in [0.25, 0.3) is 0 Å². The van der Waals surface area contributed by atoms with Gasteiger partial charge in [-0.05, 0) is 55.0 Å². The van der Waals surface area contributed by atoms with E-state index < -0.39 is 0 Å². The van der Waals surface area contributed by atoms with E-state index in [0.717, 1.165) is 17.2 Å². The van der Waals surface area contributed by atoms with Gasteiger partial charge in [0.15, 0.2) is 11.5 Å². The van der Waals surface area contributed by atoms with Crippen molar-refractivity contribution in [2.75, 3.05) is 5.32 Å². The SMILES string of the molecule is Cc1ccc2c(c1C1CCCCCCCCCCC1)Nc1ccccc1O2. The number of aryl methyl sites for hydroxylation is 1. The fourth-order valence-corrected chi connectivity index (χ4v) is 4.81. The second kappa shape index (κ2) is 8.82. The Morgan fingerprint density at radius 3 is 2.07 bits per heavy atom. The van der Waals surface area contributed by atoms with Crippen molar-refractivity contribution in [3.8, 4) is 11.5 Å². The smallest absolute Gasteiger partial charge is 0.151 e. The zero-order chi connectivity index (χ0) is 18.5. The molecule has 1 fully saturated rings. The lowest BCUT2D eigenvalue weighted by Crippen LogP contribution is -2.11. The molecule has 1 aliphatic carbocycles. The maximum atomic E-state index is 6.24. The second-order valence-corrected chi connectivity index (χ2v) is 8.35. The molecule has 0 saturated heterocycles. The van der Waals surface area contributed by atoms with Gasteiger partial charge in [-0.15, -0.1) is 0 Å². The lowest BCUT2D eigenvalue weighted by Gasteiger charge is -2.29. The number of benzene rings is 2. The fourth-order valence-electron chi connectivity index (χ4n) is 4.81. The van der Waals surface area contributed by atoms with E-state index in [9.17, 15) is 0 Å². The predicted molar refractivity (Wildman–Crippen MR) is 115 cm³/mol. The van der Waals surface area contributed by atoms with E-state index in [1.165, 1.54) is 87.4 Å². The summed E-state index contributed by atoms with van der Waals surface area (Å²) in [6, 6.07) is 12.7. The summed E-state index contributed by atoms with van der Waals surface area (Å²) in [7, 11) is 0. The van der Waals surface area contributed by atoms with Crippen LogP contribution >= 0.6 is 0 Å². The van der Waals surface area contributed by atoms with Crippen LogP contribution in [0.2, 0.25) is 0 Å². The van der Waals surface area contributed by atoms with Crippen LogP contribution < -0.4 is 10.1 Å². The molecule has 2 aliphatic rings. The van der Waals surface area contributed by atoms with Crippen molar-refractivity contribution in [1.29, 1.82) is 0 Å². The summed E-state index contributed by atoms with van der Waals surface area (Å²) in [6.45, 7) is 2.27. The van der Waals surface area contributed by atoms with Crippen molar-refractivity contribution in [2.24, 2.45) is 0 Å². The molecule has 0 atom stereocenters. The normalized spacial score (nSPS) is 18.9.